The highest BCUT2D eigenvalue weighted by Gasteiger charge is 2.36. The molecule has 1 saturated carbocycles. The first-order valence-corrected chi connectivity index (χ1v) is 7.86. The Hall–Kier alpha value is -0.400. The van der Waals surface area contributed by atoms with Crippen molar-refractivity contribution in [3.05, 3.63) is 0 Å². The predicted molar refractivity (Wildman–Crippen MR) is 67.9 cm³/mol. The molecule has 4 heteroatoms. The summed E-state index contributed by atoms with van der Waals surface area (Å²) in [6.45, 7) is 3.67. The Morgan fingerprint density at radius 3 is 2.59 bits per heavy atom. The van der Waals surface area contributed by atoms with Crippen LogP contribution in [0.25, 0.3) is 0 Å². The van der Waals surface area contributed by atoms with Gasteiger partial charge < -0.3 is 4.74 Å². The Bertz CT molecular complexity index is 320. The lowest BCUT2D eigenvalue weighted by Gasteiger charge is -2.33. The van der Waals surface area contributed by atoms with E-state index in [0.29, 0.717) is 5.92 Å². The van der Waals surface area contributed by atoms with Crippen LogP contribution in [0.3, 0.4) is 0 Å². The summed E-state index contributed by atoms with van der Waals surface area (Å²) >= 11 is 0. The van der Waals surface area contributed by atoms with Crippen LogP contribution in [0.15, 0.2) is 0 Å². The van der Waals surface area contributed by atoms with E-state index in [1.807, 2.05) is 0 Å². The minimum Gasteiger partial charge on any atom is -0.381 e. The second-order valence-electron chi connectivity index (χ2n) is 5.33. The monoisotopic (exact) mass is 255 g/mol. The molecule has 96 valence electrons. The molecule has 0 N–H and O–H groups in total. The number of hydrogen-bond donors (Lipinski definition) is 0. The molecule has 2 rings (SSSR count). The van der Waals surface area contributed by atoms with Gasteiger partial charge >= 0.3 is 0 Å². The molecule has 0 aromatic rings. The van der Waals surface area contributed by atoms with E-state index in [-0.39, 0.29) is 16.4 Å². The van der Waals surface area contributed by atoms with Gasteiger partial charge in [0.05, 0.1) is 17.2 Å². The number of nitriles is 1. The van der Waals surface area contributed by atoms with E-state index < -0.39 is 10.8 Å². The van der Waals surface area contributed by atoms with Crippen LogP contribution in [0.5, 0.6) is 0 Å². The van der Waals surface area contributed by atoms with E-state index in [0.717, 1.165) is 45.3 Å². The average Bonchev–Trinajstić information content (AvgIpc) is 2.39. The highest BCUT2D eigenvalue weighted by atomic mass is 32.2. The first-order valence-electron chi connectivity index (χ1n) is 6.59. The Balaban J connectivity index is 2.02. The van der Waals surface area contributed by atoms with E-state index in [4.69, 9.17) is 4.74 Å². The molecule has 1 aliphatic carbocycles. The molecule has 4 atom stereocenters. The van der Waals surface area contributed by atoms with Crippen LogP contribution in [0, 0.1) is 23.2 Å². The molecule has 1 heterocycles. The van der Waals surface area contributed by atoms with E-state index in [9.17, 15) is 9.47 Å². The van der Waals surface area contributed by atoms with Crippen LogP contribution in [0.2, 0.25) is 0 Å². The van der Waals surface area contributed by atoms with Crippen molar-refractivity contribution in [2.45, 2.75) is 49.5 Å². The average molecular weight is 255 g/mol. The van der Waals surface area contributed by atoms with Gasteiger partial charge in [-0.05, 0) is 38.0 Å². The zero-order chi connectivity index (χ0) is 12.3. The molecule has 0 aromatic carbocycles. The van der Waals surface area contributed by atoms with E-state index >= 15 is 0 Å². The van der Waals surface area contributed by atoms with Crippen molar-refractivity contribution in [3.63, 3.8) is 0 Å². The highest BCUT2D eigenvalue weighted by Crippen LogP contribution is 2.34. The largest absolute Gasteiger partial charge is 0.381 e. The summed E-state index contributed by atoms with van der Waals surface area (Å²) in [5, 5.41) is 9.55. The SMILES string of the molecule is CC1CCC(C#N)C(S(=O)C2CCOCC2)C1. The van der Waals surface area contributed by atoms with Crippen LogP contribution in [-0.4, -0.2) is 27.9 Å². The van der Waals surface area contributed by atoms with E-state index in [1.54, 1.807) is 0 Å². The molecule has 3 nitrogen and oxygen atoms in total. The molecule has 2 fully saturated rings. The molecular formula is C13H21NO2S. The lowest BCUT2D eigenvalue weighted by Crippen LogP contribution is -2.38. The fraction of sp³-hybridized carbons (Fsp3) is 0.923. The van der Waals surface area contributed by atoms with Crippen LogP contribution in [0.4, 0.5) is 0 Å². The van der Waals surface area contributed by atoms with Crippen molar-refractivity contribution in [2.75, 3.05) is 13.2 Å². The highest BCUT2D eigenvalue weighted by molar-refractivity contribution is 7.86. The first kappa shape index (κ1) is 13.0. The van der Waals surface area contributed by atoms with E-state index in [2.05, 4.69) is 13.0 Å². The quantitative estimate of drug-likeness (QED) is 0.760. The Labute approximate surface area is 106 Å². The number of ether oxygens (including phenoxy) is 1. The molecule has 2 aliphatic rings. The summed E-state index contributed by atoms with van der Waals surface area (Å²) in [7, 11) is -0.846. The maximum atomic E-state index is 12.6. The third-order valence-corrected chi connectivity index (χ3v) is 6.26. The maximum Gasteiger partial charge on any atom is 0.0668 e. The first-order chi connectivity index (χ1) is 8.22. The van der Waals surface area contributed by atoms with Gasteiger partial charge in [0.2, 0.25) is 0 Å². The third-order valence-electron chi connectivity index (χ3n) is 4.02. The Morgan fingerprint density at radius 2 is 1.94 bits per heavy atom. The summed E-state index contributed by atoms with van der Waals surface area (Å²) in [5.41, 5.74) is 0. The van der Waals surface area contributed by atoms with Gasteiger partial charge in [0.25, 0.3) is 0 Å². The van der Waals surface area contributed by atoms with Gasteiger partial charge in [-0.25, -0.2) is 0 Å². The minimum absolute atomic E-state index is 0.00915. The lowest BCUT2D eigenvalue weighted by molar-refractivity contribution is 0.0989. The van der Waals surface area contributed by atoms with Crippen LogP contribution in [0.1, 0.15) is 39.0 Å². The molecule has 0 radical (unpaired) electrons. The fourth-order valence-corrected chi connectivity index (χ4v) is 5.08. The van der Waals surface area contributed by atoms with Crippen molar-refractivity contribution in [2.24, 2.45) is 11.8 Å². The standard InChI is InChI=1S/C13H21NO2S/c1-10-2-3-11(9-14)13(8-10)17(15)12-4-6-16-7-5-12/h10-13H,2-8H2,1H3. The van der Waals surface area contributed by atoms with Crippen LogP contribution >= 0.6 is 0 Å². The number of rotatable bonds is 2. The summed E-state index contributed by atoms with van der Waals surface area (Å²) in [4.78, 5) is 0. The van der Waals surface area contributed by atoms with Crippen LogP contribution < -0.4 is 0 Å². The van der Waals surface area contributed by atoms with Gasteiger partial charge in [0.15, 0.2) is 0 Å². The van der Waals surface area contributed by atoms with Gasteiger partial charge in [-0.2, -0.15) is 5.26 Å². The zero-order valence-electron chi connectivity index (χ0n) is 10.4. The smallest absolute Gasteiger partial charge is 0.0668 e. The minimum atomic E-state index is -0.846. The van der Waals surface area contributed by atoms with Crippen molar-refractivity contribution >= 4 is 10.8 Å². The maximum absolute atomic E-state index is 12.6. The van der Waals surface area contributed by atoms with Gasteiger partial charge in [0, 0.05) is 29.3 Å². The van der Waals surface area contributed by atoms with E-state index in [1.165, 1.54) is 0 Å². The molecule has 17 heavy (non-hydrogen) atoms. The molecular weight excluding hydrogens is 234 g/mol. The molecule has 0 bridgehead atoms. The predicted octanol–water partition coefficient (Wildman–Crippen LogP) is 2.24. The van der Waals surface area contributed by atoms with Gasteiger partial charge in [-0.15, -0.1) is 0 Å². The molecule has 0 spiro atoms. The second kappa shape index (κ2) is 5.97. The number of nitrogens with zero attached hydrogens (tertiary/aromatic N) is 1. The summed E-state index contributed by atoms with van der Waals surface area (Å²) in [6.07, 6.45) is 4.80. The van der Waals surface area contributed by atoms with Crippen molar-refractivity contribution in [3.8, 4) is 6.07 Å². The van der Waals surface area contributed by atoms with Gasteiger partial charge in [-0.3, -0.25) is 4.21 Å². The summed E-state index contributed by atoms with van der Waals surface area (Å²) < 4.78 is 17.9. The number of hydrogen-bond acceptors (Lipinski definition) is 3. The van der Waals surface area contributed by atoms with Crippen LogP contribution in [-0.2, 0) is 15.5 Å². The van der Waals surface area contributed by atoms with Gasteiger partial charge in [0.1, 0.15) is 0 Å². The molecule has 0 aromatic heterocycles. The molecule has 0 amide bonds. The fourth-order valence-electron chi connectivity index (χ4n) is 2.89. The second-order valence-corrected chi connectivity index (χ2v) is 7.26. The van der Waals surface area contributed by atoms with Gasteiger partial charge in [-0.1, -0.05) is 6.92 Å². The summed E-state index contributed by atoms with van der Waals surface area (Å²) in [5.74, 6) is 0.628. The normalized spacial score (nSPS) is 37.3. The van der Waals surface area contributed by atoms with Crippen molar-refractivity contribution in [1.82, 2.24) is 0 Å². The zero-order valence-corrected chi connectivity index (χ0v) is 11.2. The molecule has 1 saturated heterocycles. The Morgan fingerprint density at radius 1 is 1.24 bits per heavy atom. The Kier molecular flexibility index (Phi) is 4.58. The van der Waals surface area contributed by atoms with Crippen molar-refractivity contribution in [1.29, 1.82) is 5.26 Å². The molecule has 4 unspecified atom stereocenters. The topological polar surface area (TPSA) is 50.1 Å². The lowest BCUT2D eigenvalue weighted by atomic mass is 9.83. The summed E-state index contributed by atoms with van der Waals surface area (Å²) in [6, 6.07) is 2.37. The van der Waals surface area contributed by atoms with Crippen molar-refractivity contribution < 1.29 is 8.95 Å². The molecule has 1 aliphatic heterocycles. The third kappa shape index (κ3) is 3.08.